The van der Waals surface area contributed by atoms with Gasteiger partial charge in [-0.3, -0.25) is 24.0 Å². The zero-order chi connectivity index (χ0) is 94.0. The number of fused-ring (bicyclic) bond motifs is 5. The van der Waals surface area contributed by atoms with E-state index in [0.29, 0.717) is 112 Å². The number of likely N-dealkylation sites (tertiary alicyclic amines) is 5. The van der Waals surface area contributed by atoms with Crippen molar-refractivity contribution >= 4 is 175 Å². The number of benzene rings is 10. The van der Waals surface area contributed by atoms with Gasteiger partial charge in [-0.2, -0.15) is 0 Å². The number of phenols is 1. The first-order chi connectivity index (χ1) is 65.8. The maximum atomic E-state index is 13.2. The van der Waals surface area contributed by atoms with Gasteiger partial charge >= 0.3 is 0 Å². The first-order valence-electron chi connectivity index (χ1n) is 45.4. The molecule has 5 fully saturated rings. The Morgan fingerprint density at radius 3 is 1.17 bits per heavy atom. The predicted octanol–water partition coefficient (Wildman–Crippen LogP) is 23.2. The van der Waals surface area contributed by atoms with E-state index >= 15 is 0 Å². The van der Waals surface area contributed by atoms with Gasteiger partial charge < -0.3 is 63.3 Å². The molecule has 2 N–H and O–H groups in total. The lowest BCUT2D eigenvalue weighted by atomic mass is 9.96. The number of carbonyl (C=O) groups is 5. The third kappa shape index (κ3) is 23.6. The molecular formula is C105H107Br2N11O12S5. The van der Waals surface area contributed by atoms with E-state index in [1.807, 2.05) is 153 Å². The number of thiazole rings is 5. The number of hydrogen-bond acceptors (Lipinski definition) is 23. The summed E-state index contributed by atoms with van der Waals surface area (Å²) in [6.07, 6.45) is 10.1. The molecule has 15 aromatic rings. The second-order valence-electron chi connectivity index (χ2n) is 33.5. The van der Waals surface area contributed by atoms with Gasteiger partial charge in [0, 0.05) is 139 Å². The first-order valence-corrected chi connectivity index (χ1v) is 51.1. The summed E-state index contributed by atoms with van der Waals surface area (Å²) < 4.78 is 39.9. The van der Waals surface area contributed by atoms with E-state index in [0.717, 1.165) is 172 Å². The maximum absolute atomic E-state index is 13.2. The van der Waals surface area contributed by atoms with Crippen molar-refractivity contribution in [2.45, 2.75) is 101 Å². The summed E-state index contributed by atoms with van der Waals surface area (Å²) in [4.78, 5) is 98.0. The van der Waals surface area contributed by atoms with Crippen LogP contribution in [0.2, 0.25) is 0 Å². The summed E-state index contributed by atoms with van der Waals surface area (Å²) in [5.74, 6) is 5.30. The molecule has 3 unspecified atom stereocenters. The van der Waals surface area contributed by atoms with Gasteiger partial charge in [-0.15, -0.1) is 56.7 Å². The highest BCUT2D eigenvalue weighted by Gasteiger charge is 2.34. The van der Waals surface area contributed by atoms with Crippen molar-refractivity contribution in [3.05, 3.63) is 287 Å². The minimum atomic E-state index is -0.321. The number of phenolic OH excluding ortho intramolecular Hbond substituents is 1. The van der Waals surface area contributed by atoms with Gasteiger partial charge in [-0.05, 0) is 227 Å². The van der Waals surface area contributed by atoms with Crippen LogP contribution in [-0.4, -0.2) is 198 Å². The van der Waals surface area contributed by atoms with Crippen molar-refractivity contribution in [1.82, 2.24) is 54.7 Å². The number of methoxy groups -OCH3 is 5. The number of aromatic nitrogens is 5. The summed E-state index contributed by atoms with van der Waals surface area (Å²) in [7, 11) is 7.83. The Hall–Kier alpha value is -11.9. The van der Waals surface area contributed by atoms with Gasteiger partial charge in [0.2, 0.25) is 5.91 Å². The van der Waals surface area contributed by atoms with Crippen molar-refractivity contribution in [2.75, 3.05) is 114 Å². The third-order valence-electron chi connectivity index (χ3n) is 24.9. The number of carbonyl (C=O) groups excluding carboxylic acids is 5. The number of nitrogens with one attached hydrogen (secondary N) is 1. The van der Waals surface area contributed by atoms with Crippen LogP contribution in [0.1, 0.15) is 173 Å². The van der Waals surface area contributed by atoms with Crippen molar-refractivity contribution in [1.29, 1.82) is 0 Å². The molecule has 698 valence electrons. The molecular weight excluding hydrogens is 1930 g/mol. The Morgan fingerprint density at radius 1 is 0.393 bits per heavy atom. The van der Waals surface area contributed by atoms with Gasteiger partial charge in [0.05, 0.1) is 129 Å². The molecule has 5 aliphatic heterocycles. The molecule has 135 heavy (non-hydrogen) atoms. The van der Waals surface area contributed by atoms with E-state index in [1.165, 1.54) is 42.7 Å². The molecule has 0 aliphatic carbocycles. The smallest absolute Gasteiger partial charge is 0.254 e. The molecule has 3 atom stereocenters. The quantitative estimate of drug-likeness (QED) is 0.0719. The lowest BCUT2D eigenvalue weighted by Crippen LogP contribution is -2.43. The standard InChI is InChI=1S/C23H25N3O4S.C22H23BrN2O3S.C21H22N2O3S.C20H20N2OS.C19H17BrN2OS/c1-29-18-8-7-16(13-19(18)30-2)22(28)24-14-21(27)26-11-9-15(10-12-26)23-25-17-5-3-4-6-20(17)31-23;1-3-28-18-12-15(11-16(23)20(18)27-2)22(26)25-10-6-7-14(13-25)21-24-17-8-4-5-9-19(17)29-21;1-25-16-10-15(11-17(12-16)26-2)21(24)23-9-5-6-14(13-23)20-22-18-7-3-4-8-19(18)27-20;1-14(16-6-2-4-8-18(16)23)22-12-10-15(11-13-22)20-21-17-7-3-5-9-19(17)24-20;20-15-9-7-13(8-10-15)19(23)22-11-3-4-14(12-22)18-21-16-5-1-2-6-17(16)24-18/h3-8,13,15H,9-12,14H2,1-2H3,(H,24,28);4-5,8-9,11-12,14H,3,6-7,10,13H2,1-2H3;3-4,7-8,10-12,14H,5-6,9,13H2,1-2H3;2-9,15,23H,1,10-13H2;1-2,5-10,14H,3-4,11-12H2. The fraction of sp³-hybridized carbons (Fsp3) is 0.314. The van der Waals surface area contributed by atoms with E-state index in [-0.39, 0.29) is 47.9 Å². The van der Waals surface area contributed by atoms with Crippen LogP contribution >= 0.6 is 88.5 Å². The Labute approximate surface area is 822 Å². The molecule has 0 spiro atoms. The number of piperidine rings is 5. The Balaban J connectivity index is 0.000000123. The highest BCUT2D eigenvalue weighted by molar-refractivity contribution is 9.10. The van der Waals surface area contributed by atoms with Crippen molar-refractivity contribution < 1.29 is 57.5 Å². The number of amides is 5. The summed E-state index contributed by atoms with van der Waals surface area (Å²) >= 11 is 15.7. The monoisotopic (exact) mass is 2030 g/mol. The Bertz CT molecular complexity index is 6500. The van der Waals surface area contributed by atoms with Crippen LogP contribution in [-0.2, 0) is 4.79 Å². The molecule has 5 aliphatic rings. The zero-order valence-electron chi connectivity index (χ0n) is 76.1. The highest BCUT2D eigenvalue weighted by atomic mass is 79.9. The predicted molar refractivity (Wildman–Crippen MR) is 548 cm³/mol. The molecule has 5 saturated heterocycles. The second kappa shape index (κ2) is 45.6. The van der Waals surface area contributed by atoms with Gasteiger partial charge in [0.25, 0.3) is 23.6 Å². The van der Waals surface area contributed by atoms with Crippen LogP contribution in [0.4, 0.5) is 0 Å². The number of halogens is 2. The van der Waals surface area contributed by atoms with E-state index in [2.05, 4.69) is 103 Å². The van der Waals surface area contributed by atoms with Crippen molar-refractivity contribution in [3.8, 4) is 40.2 Å². The van der Waals surface area contributed by atoms with Gasteiger partial charge in [-0.25, -0.2) is 24.9 Å². The summed E-state index contributed by atoms with van der Waals surface area (Å²) in [5.41, 5.74) is 9.40. The van der Waals surface area contributed by atoms with Crippen LogP contribution in [0.25, 0.3) is 56.8 Å². The topological polar surface area (TPSA) is 254 Å². The fourth-order valence-electron chi connectivity index (χ4n) is 17.6. The van der Waals surface area contributed by atoms with Gasteiger partial charge in [0.1, 0.15) is 17.2 Å². The number of para-hydroxylation sites is 6. The molecule has 0 radical (unpaired) electrons. The first kappa shape index (κ1) is 96.2. The largest absolute Gasteiger partial charge is 0.507 e. The summed E-state index contributed by atoms with van der Waals surface area (Å²) in [5, 5.41) is 18.5. The zero-order valence-corrected chi connectivity index (χ0v) is 83.4. The van der Waals surface area contributed by atoms with Crippen LogP contribution in [0, 0.1) is 0 Å². The summed E-state index contributed by atoms with van der Waals surface area (Å²) in [6.45, 7) is 14.3. The van der Waals surface area contributed by atoms with Gasteiger partial charge in [0.15, 0.2) is 23.0 Å². The lowest BCUT2D eigenvalue weighted by molar-refractivity contribution is -0.131. The minimum Gasteiger partial charge on any atom is -0.507 e. The molecule has 0 bridgehead atoms. The van der Waals surface area contributed by atoms with E-state index in [9.17, 15) is 29.1 Å². The molecule has 10 aromatic carbocycles. The van der Waals surface area contributed by atoms with Crippen molar-refractivity contribution in [2.24, 2.45) is 0 Å². The molecule has 10 heterocycles. The molecule has 0 saturated carbocycles. The van der Waals surface area contributed by atoms with Crippen molar-refractivity contribution in [3.63, 3.8) is 0 Å². The normalized spacial score (nSPS) is 16.4. The average molecular weight is 2040 g/mol. The SMILES string of the molecule is C=C(c1ccccc1O)N1CCC(c2nc3ccccc3s2)CC1.CCOc1cc(C(=O)N2CCCC(c3nc4ccccc4s3)C2)cc(Br)c1OC.COc1cc(OC)cc(C(=O)N2CCCC(c3nc4ccccc4s3)C2)c1.COc1ccc(C(=O)NCC(=O)N2CCC(c3nc4ccccc4s3)CC2)cc1OC.O=C(c1ccc(Br)cc1)N1CCCC(c2nc3ccccc3s2)C1. The molecule has 20 rings (SSSR count). The average Bonchev–Trinajstić information content (AvgIpc) is 1.78. The number of nitrogens with zero attached hydrogens (tertiary/aromatic N) is 10. The molecule has 30 heteroatoms. The molecule has 5 amide bonds. The van der Waals surface area contributed by atoms with E-state index in [4.69, 9.17) is 53.3 Å². The van der Waals surface area contributed by atoms with Crippen LogP contribution in [0.5, 0.6) is 40.2 Å². The summed E-state index contributed by atoms with van der Waals surface area (Å²) in [6, 6.07) is 70.0. The van der Waals surface area contributed by atoms with E-state index in [1.54, 1.807) is 115 Å². The maximum Gasteiger partial charge on any atom is 0.254 e. The van der Waals surface area contributed by atoms with Crippen LogP contribution in [0.3, 0.4) is 0 Å². The fourth-order valence-corrected chi connectivity index (χ4v) is 24.1. The number of rotatable bonds is 20. The van der Waals surface area contributed by atoms with Crippen LogP contribution in [0.15, 0.2) is 234 Å². The molecule has 5 aromatic heterocycles. The lowest BCUT2D eigenvalue weighted by Gasteiger charge is -2.34. The Morgan fingerprint density at radius 2 is 0.770 bits per heavy atom. The number of hydrogen-bond donors (Lipinski definition) is 2. The third-order valence-corrected chi connectivity index (χ3v) is 32.0. The van der Waals surface area contributed by atoms with Crippen LogP contribution < -0.4 is 33.7 Å². The highest BCUT2D eigenvalue weighted by Crippen LogP contribution is 2.43. The minimum absolute atomic E-state index is 0.0120. The second-order valence-corrected chi connectivity index (χ2v) is 40.6. The van der Waals surface area contributed by atoms with Gasteiger partial charge in [-0.1, -0.05) is 95.3 Å². The Kier molecular flexibility index (Phi) is 32.5. The number of ether oxygens (including phenoxy) is 6. The molecule has 23 nitrogen and oxygen atoms in total. The van der Waals surface area contributed by atoms with E-state index < -0.39 is 0 Å². The number of aromatic hydroxyl groups is 1.